The van der Waals surface area contributed by atoms with Gasteiger partial charge in [0.2, 0.25) is 11.7 Å². The highest BCUT2D eigenvalue weighted by molar-refractivity contribution is 7.98. The molecule has 1 saturated heterocycles. The van der Waals surface area contributed by atoms with Crippen molar-refractivity contribution in [2.24, 2.45) is 0 Å². The van der Waals surface area contributed by atoms with Crippen LogP contribution in [0, 0.1) is 5.82 Å². The molecular formula is C24H23FN6O2S. The SMILES string of the molecule is COc1ccccc1N1CCN(c2nccnc2SCc2nc(-c3cccc(F)c3)no2)CC1. The summed E-state index contributed by atoms with van der Waals surface area (Å²) in [6.07, 6.45) is 3.39. The van der Waals surface area contributed by atoms with Crippen molar-refractivity contribution < 1.29 is 13.7 Å². The number of thioether (sulfide) groups is 1. The molecule has 4 aromatic rings. The molecule has 0 saturated carbocycles. The van der Waals surface area contributed by atoms with Gasteiger partial charge >= 0.3 is 0 Å². The largest absolute Gasteiger partial charge is 0.495 e. The van der Waals surface area contributed by atoms with Crippen LogP contribution in [-0.4, -0.2) is 53.4 Å². The third kappa shape index (κ3) is 4.81. The predicted molar refractivity (Wildman–Crippen MR) is 129 cm³/mol. The topological polar surface area (TPSA) is 80.4 Å². The van der Waals surface area contributed by atoms with Crippen LogP contribution in [0.3, 0.4) is 0 Å². The van der Waals surface area contributed by atoms with E-state index in [2.05, 4.69) is 36.0 Å². The molecule has 0 N–H and O–H groups in total. The number of benzene rings is 2. The molecule has 10 heteroatoms. The lowest BCUT2D eigenvalue weighted by Crippen LogP contribution is -2.47. The van der Waals surface area contributed by atoms with Crippen molar-refractivity contribution >= 4 is 23.3 Å². The van der Waals surface area contributed by atoms with Gasteiger partial charge in [-0.15, -0.1) is 0 Å². The van der Waals surface area contributed by atoms with Crippen LogP contribution >= 0.6 is 11.8 Å². The van der Waals surface area contributed by atoms with Gasteiger partial charge in [0.15, 0.2) is 5.82 Å². The van der Waals surface area contributed by atoms with Crippen molar-refractivity contribution in [3.8, 4) is 17.1 Å². The van der Waals surface area contributed by atoms with Gasteiger partial charge in [-0.1, -0.05) is 41.2 Å². The first-order valence-corrected chi connectivity index (χ1v) is 11.8. The number of hydrogen-bond donors (Lipinski definition) is 0. The molecule has 0 radical (unpaired) electrons. The Morgan fingerprint density at radius 1 is 1.00 bits per heavy atom. The number of hydrogen-bond acceptors (Lipinski definition) is 9. The lowest BCUT2D eigenvalue weighted by atomic mass is 10.2. The minimum atomic E-state index is -0.340. The third-order valence-electron chi connectivity index (χ3n) is 5.53. The molecule has 1 fully saturated rings. The number of methoxy groups -OCH3 is 1. The van der Waals surface area contributed by atoms with Crippen molar-refractivity contribution in [1.29, 1.82) is 0 Å². The van der Waals surface area contributed by atoms with Crippen LogP contribution in [0.5, 0.6) is 5.75 Å². The van der Waals surface area contributed by atoms with E-state index in [-0.39, 0.29) is 5.82 Å². The molecule has 0 unspecified atom stereocenters. The smallest absolute Gasteiger partial charge is 0.237 e. The van der Waals surface area contributed by atoms with Crippen LogP contribution in [0.25, 0.3) is 11.4 Å². The number of halogens is 1. The van der Waals surface area contributed by atoms with Gasteiger partial charge in [-0.05, 0) is 24.3 Å². The Morgan fingerprint density at radius 3 is 2.62 bits per heavy atom. The number of piperazine rings is 1. The summed E-state index contributed by atoms with van der Waals surface area (Å²) in [5.74, 6) is 2.63. The third-order valence-corrected chi connectivity index (χ3v) is 6.49. The standard InChI is InChI=1S/C24H23FN6O2S/c1-32-20-8-3-2-7-19(20)30-11-13-31(14-12-30)23-24(27-10-9-26-23)34-16-21-28-22(29-33-21)17-5-4-6-18(25)15-17/h2-10,15H,11-14,16H2,1H3. The van der Waals surface area contributed by atoms with Gasteiger partial charge in [0.25, 0.3) is 0 Å². The van der Waals surface area contributed by atoms with E-state index in [0.717, 1.165) is 48.5 Å². The maximum absolute atomic E-state index is 13.5. The fourth-order valence-electron chi connectivity index (χ4n) is 3.88. The van der Waals surface area contributed by atoms with Gasteiger partial charge in [0.1, 0.15) is 16.6 Å². The van der Waals surface area contributed by atoms with E-state index in [9.17, 15) is 4.39 Å². The van der Waals surface area contributed by atoms with Crippen LogP contribution in [-0.2, 0) is 5.75 Å². The average Bonchev–Trinajstić information content (AvgIpc) is 3.37. The fourth-order valence-corrected chi connectivity index (χ4v) is 4.70. The molecule has 0 aliphatic carbocycles. The number of aromatic nitrogens is 4. The number of ether oxygens (including phenoxy) is 1. The highest BCUT2D eigenvalue weighted by Crippen LogP contribution is 2.32. The van der Waals surface area contributed by atoms with Crippen LogP contribution in [0.15, 0.2) is 70.5 Å². The van der Waals surface area contributed by atoms with E-state index in [1.807, 2.05) is 18.2 Å². The maximum atomic E-state index is 13.5. The summed E-state index contributed by atoms with van der Waals surface area (Å²) in [5.41, 5.74) is 1.68. The molecule has 1 aliphatic rings. The number of rotatable bonds is 7. The summed E-state index contributed by atoms with van der Waals surface area (Å²) in [6, 6.07) is 14.2. The Labute approximate surface area is 200 Å². The summed E-state index contributed by atoms with van der Waals surface area (Å²) in [5, 5.41) is 4.78. The average molecular weight is 479 g/mol. The van der Waals surface area contributed by atoms with E-state index >= 15 is 0 Å². The van der Waals surface area contributed by atoms with Crippen molar-refractivity contribution in [3.05, 3.63) is 72.6 Å². The number of para-hydroxylation sites is 2. The monoisotopic (exact) mass is 478 g/mol. The van der Waals surface area contributed by atoms with E-state index in [0.29, 0.717) is 23.0 Å². The van der Waals surface area contributed by atoms with Crippen LogP contribution in [0.1, 0.15) is 5.89 Å². The molecule has 1 aliphatic heterocycles. The minimum absolute atomic E-state index is 0.340. The second kappa shape index (κ2) is 10.1. The van der Waals surface area contributed by atoms with Crippen molar-refractivity contribution in [1.82, 2.24) is 20.1 Å². The molecule has 0 atom stereocenters. The van der Waals surface area contributed by atoms with Crippen LogP contribution in [0.2, 0.25) is 0 Å². The Hall–Kier alpha value is -3.66. The first-order chi connectivity index (χ1) is 16.7. The lowest BCUT2D eigenvalue weighted by molar-refractivity contribution is 0.391. The molecule has 174 valence electrons. The Bertz CT molecular complexity index is 1260. The van der Waals surface area contributed by atoms with E-state index < -0.39 is 0 Å². The number of anilines is 2. The van der Waals surface area contributed by atoms with Crippen LogP contribution in [0.4, 0.5) is 15.9 Å². The summed E-state index contributed by atoms with van der Waals surface area (Å²) >= 11 is 1.49. The van der Waals surface area contributed by atoms with E-state index in [1.54, 1.807) is 31.6 Å². The van der Waals surface area contributed by atoms with Gasteiger partial charge in [-0.3, -0.25) is 0 Å². The zero-order chi connectivity index (χ0) is 23.3. The van der Waals surface area contributed by atoms with E-state index in [1.165, 1.54) is 23.9 Å². The maximum Gasteiger partial charge on any atom is 0.237 e. The highest BCUT2D eigenvalue weighted by Gasteiger charge is 2.23. The van der Waals surface area contributed by atoms with E-state index in [4.69, 9.17) is 9.26 Å². The highest BCUT2D eigenvalue weighted by atomic mass is 32.2. The van der Waals surface area contributed by atoms with Gasteiger partial charge < -0.3 is 19.1 Å². The molecular weight excluding hydrogens is 455 g/mol. The molecule has 34 heavy (non-hydrogen) atoms. The summed E-state index contributed by atoms with van der Waals surface area (Å²) < 4.78 is 24.4. The lowest BCUT2D eigenvalue weighted by Gasteiger charge is -2.37. The molecule has 2 aromatic heterocycles. The Morgan fingerprint density at radius 2 is 1.79 bits per heavy atom. The van der Waals surface area contributed by atoms with Gasteiger partial charge in [-0.2, -0.15) is 4.98 Å². The molecule has 3 heterocycles. The molecule has 0 bridgehead atoms. The zero-order valence-corrected chi connectivity index (χ0v) is 19.4. The molecule has 8 nitrogen and oxygen atoms in total. The first-order valence-electron chi connectivity index (χ1n) is 10.9. The van der Waals surface area contributed by atoms with Crippen molar-refractivity contribution in [2.75, 3.05) is 43.1 Å². The predicted octanol–water partition coefficient (Wildman–Crippen LogP) is 4.29. The fraction of sp³-hybridized carbons (Fsp3) is 0.250. The summed E-state index contributed by atoms with van der Waals surface area (Å²) in [4.78, 5) is 18.1. The quantitative estimate of drug-likeness (QED) is 0.361. The van der Waals surface area contributed by atoms with Crippen molar-refractivity contribution in [2.45, 2.75) is 10.8 Å². The second-order valence-corrected chi connectivity index (χ2v) is 8.61. The second-order valence-electron chi connectivity index (χ2n) is 7.64. The molecule has 5 rings (SSSR count). The Balaban J connectivity index is 1.24. The molecule has 2 aromatic carbocycles. The van der Waals surface area contributed by atoms with Crippen molar-refractivity contribution in [3.63, 3.8) is 0 Å². The zero-order valence-electron chi connectivity index (χ0n) is 18.6. The molecule has 0 spiro atoms. The van der Waals surface area contributed by atoms with Gasteiger partial charge in [-0.25, -0.2) is 14.4 Å². The van der Waals surface area contributed by atoms with Gasteiger partial charge in [0.05, 0.1) is 18.6 Å². The summed E-state index contributed by atoms with van der Waals surface area (Å²) in [6.45, 7) is 3.33. The molecule has 0 amide bonds. The first kappa shape index (κ1) is 22.1. The Kier molecular flexibility index (Phi) is 6.57. The van der Waals surface area contributed by atoms with Gasteiger partial charge in [0, 0.05) is 44.1 Å². The minimum Gasteiger partial charge on any atom is -0.495 e. The normalized spacial score (nSPS) is 13.8. The number of nitrogens with zero attached hydrogens (tertiary/aromatic N) is 6. The summed E-state index contributed by atoms with van der Waals surface area (Å²) in [7, 11) is 1.70. The van der Waals surface area contributed by atoms with Crippen LogP contribution < -0.4 is 14.5 Å².